The Bertz CT molecular complexity index is 2880. The van der Waals surface area contributed by atoms with Crippen molar-refractivity contribution in [1.82, 2.24) is 37.4 Å². The topological polar surface area (TPSA) is 260 Å². The molecule has 6 aromatic rings. The van der Waals surface area contributed by atoms with E-state index in [0.29, 0.717) is 21.0 Å². The van der Waals surface area contributed by atoms with Crippen LogP contribution >= 0.6 is 0 Å². The number of amides is 2. The highest BCUT2D eigenvalue weighted by Gasteiger charge is 2.18. The number of aromatic nitrogens is 8. The number of fused-ring (bicyclic) bond motifs is 2. The summed E-state index contributed by atoms with van der Waals surface area (Å²) in [4.78, 5) is 82.0. The van der Waals surface area contributed by atoms with E-state index in [4.69, 9.17) is 9.88 Å². The number of aryl methyl sites for hydroxylation is 2. The summed E-state index contributed by atoms with van der Waals surface area (Å²) in [6.07, 6.45) is 2.66. The lowest BCUT2D eigenvalue weighted by Crippen LogP contribution is -2.37. The number of ether oxygens (including phenoxy) is 1. The molecule has 4 N–H and O–H groups in total. The lowest BCUT2D eigenvalue weighted by Gasteiger charge is -2.12. The molecular weight excluding hydrogens is 741 g/mol. The highest BCUT2D eigenvalue weighted by atomic mass is 32.2. The van der Waals surface area contributed by atoms with E-state index in [1.54, 1.807) is 12.1 Å². The normalized spacial score (nSPS) is 12.1. The van der Waals surface area contributed by atoms with Gasteiger partial charge in [0.2, 0.25) is 17.5 Å². The van der Waals surface area contributed by atoms with E-state index in [1.165, 1.54) is 96.6 Å². The Labute approximate surface area is 310 Å². The summed E-state index contributed by atoms with van der Waals surface area (Å²) in [5.74, 6) is 2.82. The van der Waals surface area contributed by atoms with Gasteiger partial charge in [-0.2, -0.15) is 4.74 Å². The summed E-state index contributed by atoms with van der Waals surface area (Å²) in [7, 11) is 4.30. The van der Waals surface area contributed by atoms with Crippen molar-refractivity contribution < 1.29 is 23.3 Å². The Morgan fingerprint density at radius 3 is 1.73 bits per heavy atom. The van der Waals surface area contributed by atoms with E-state index in [-0.39, 0.29) is 46.9 Å². The zero-order valence-corrected chi connectivity index (χ0v) is 31.0. The van der Waals surface area contributed by atoms with Crippen LogP contribution in [-0.2, 0) is 60.6 Å². The molecular formula is C33H36N12O9S. The van der Waals surface area contributed by atoms with Gasteiger partial charge in [0.25, 0.3) is 11.1 Å². The minimum absolute atomic E-state index is 0.140. The van der Waals surface area contributed by atoms with Crippen molar-refractivity contribution in [1.29, 1.82) is 0 Å². The van der Waals surface area contributed by atoms with Gasteiger partial charge in [0.1, 0.15) is 25.6 Å². The van der Waals surface area contributed by atoms with E-state index in [9.17, 15) is 38.2 Å². The van der Waals surface area contributed by atoms with Crippen LogP contribution in [0.5, 0.6) is 5.75 Å². The fourth-order valence-corrected chi connectivity index (χ4v) is 6.04. The summed E-state index contributed by atoms with van der Waals surface area (Å²) in [6.45, 7) is 2.87. The number of imidazole rings is 2. The Balaban J connectivity index is 0.000000211. The van der Waals surface area contributed by atoms with Crippen LogP contribution in [-0.4, -0.2) is 77.8 Å². The summed E-state index contributed by atoms with van der Waals surface area (Å²) in [5.41, 5.74) is -0.306. The monoisotopic (exact) mass is 776 g/mol. The molecule has 1 unspecified atom stereocenters. The average molecular weight is 777 g/mol. The number of nitrogens with one attached hydrogen (secondary N) is 2. The molecule has 0 saturated carbocycles. The van der Waals surface area contributed by atoms with Gasteiger partial charge < -0.3 is 29.7 Å². The van der Waals surface area contributed by atoms with Gasteiger partial charge in [-0.3, -0.25) is 42.6 Å². The molecule has 55 heavy (non-hydrogen) atoms. The number of nitrogens with zero attached hydrogens (tertiary/aromatic N) is 9. The maximum absolute atomic E-state index is 12.5. The highest BCUT2D eigenvalue weighted by Crippen LogP contribution is 2.29. The van der Waals surface area contributed by atoms with Gasteiger partial charge in [-0.25, -0.2) is 23.8 Å². The summed E-state index contributed by atoms with van der Waals surface area (Å²) in [6, 6.07) is 10.6. The average Bonchev–Trinajstić information content (AvgIpc) is 3.76. The van der Waals surface area contributed by atoms with Crippen LogP contribution in [0.3, 0.4) is 0 Å². The number of hydrogen-bond donors (Lipinski definition) is 3. The summed E-state index contributed by atoms with van der Waals surface area (Å²) < 4.78 is 24.4. The minimum Gasteiger partial charge on any atom is -0.619 e. The third kappa shape index (κ3) is 7.84. The molecule has 0 bridgehead atoms. The zero-order valence-electron chi connectivity index (χ0n) is 30.2. The third-order valence-corrected chi connectivity index (χ3v) is 9.42. The molecule has 2 aromatic carbocycles. The maximum Gasteiger partial charge on any atom is 0.332 e. The van der Waals surface area contributed by atoms with Gasteiger partial charge in [0.15, 0.2) is 22.3 Å². The van der Waals surface area contributed by atoms with E-state index >= 15 is 0 Å². The zero-order chi connectivity index (χ0) is 40.5. The highest BCUT2D eigenvalue weighted by molar-refractivity contribution is 7.98. The van der Waals surface area contributed by atoms with Crippen LogP contribution in [0.15, 0.2) is 79.2 Å². The standard InChI is InChI=1S/C17H18N6O5.C16H18N6O4S/c1-20-15-14(16(25)21(2)17(20)26)23(9-18-15)8-13(24)19-11-6-5-10(22(3)27)7-12(11)28-4;1-20-14-13(15(24)21(2)16(20)25)22(9-18-14)8-12(23)19-10-4-6-11(7-5-10)27(3,17)26/h5-7,9H,3,8H2,1-2,4H3,(H,19,24);4-7,9H,3,8H2,1-2H3,(H2,17,26)(H,19,23). The second kappa shape index (κ2) is 15.1. The Kier molecular flexibility index (Phi) is 10.8. The number of hydrogen-bond acceptors (Lipinski definition) is 11. The second-order valence-corrected chi connectivity index (χ2v) is 14.0. The number of benzene rings is 2. The van der Waals surface area contributed by atoms with E-state index in [1.807, 2.05) is 0 Å². The number of anilines is 2. The molecule has 0 radical (unpaired) electrons. The SMILES string of the molecule is C=S(N)(=O)c1ccc(NC(=O)Cn2cnc3c2c(=O)n(C)c(=O)n3C)cc1.C=[N+]([O-])c1ccc(NC(=O)Cn2cnc3c2c(=O)n(C)c(=O)n3C)c(OC)c1. The molecule has 21 nitrogen and oxygen atoms in total. The van der Waals surface area contributed by atoms with Crippen molar-refractivity contribution >= 4 is 73.5 Å². The molecule has 6 rings (SSSR count). The first kappa shape index (κ1) is 39.1. The first-order valence-corrected chi connectivity index (χ1v) is 17.6. The van der Waals surface area contributed by atoms with Gasteiger partial charge in [0, 0.05) is 44.8 Å². The fourth-order valence-electron chi connectivity index (χ4n) is 5.44. The molecule has 1 atom stereocenters. The first-order valence-electron chi connectivity index (χ1n) is 15.9. The molecule has 0 aliphatic rings. The molecule has 4 aromatic heterocycles. The predicted octanol–water partition coefficient (Wildman–Crippen LogP) is -1.06. The molecule has 288 valence electrons. The number of nitrogens with two attached hydrogens (primary N) is 1. The Morgan fingerprint density at radius 1 is 0.818 bits per heavy atom. The lowest BCUT2D eigenvalue weighted by molar-refractivity contribution is -0.349. The molecule has 0 fully saturated rings. The quantitative estimate of drug-likeness (QED) is 0.0524. The van der Waals surface area contributed by atoms with Crippen LogP contribution in [0.2, 0.25) is 0 Å². The van der Waals surface area contributed by atoms with E-state index in [0.717, 1.165) is 9.13 Å². The van der Waals surface area contributed by atoms with Crippen LogP contribution in [0.25, 0.3) is 22.3 Å². The van der Waals surface area contributed by atoms with Gasteiger partial charge >= 0.3 is 11.4 Å². The Hall–Kier alpha value is -7.07. The first-order chi connectivity index (χ1) is 25.8. The Morgan fingerprint density at radius 2 is 1.29 bits per heavy atom. The smallest absolute Gasteiger partial charge is 0.332 e. The minimum atomic E-state index is -2.82. The van der Waals surface area contributed by atoms with Crippen molar-refractivity contribution in [3.05, 3.63) is 102 Å². The van der Waals surface area contributed by atoms with Crippen molar-refractivity contribution in [3.8, 4) is 5.75 Å². The molecule has 0 aliphatic carbocycles. The van der Waals surface area contributed by atoms with Crippen molar-refractivity contribution in [3.63, 3.8) is 0 Å². The number of methoxy groups -OCH3 is 1. The van der Waals surface area contributed by atoms with Crippen LogP contribution < -0.4 is 43.0 Å². The molecule has 0 aliphatic heterocycles. The van der Waals surface area contributed by atoms with E-state index in [2.05, 4.69) is 33.2 Å². The summed E-state index contributed by atoms with van der Waals surface area (Å²) >= 11 is 0. The van der Waals surface area contributed by atoms with Crippen molar-refractivity contribution in [2.75, 3.05) is 17.7 Å². The maximum atomic E-state index is 12.5. The molecule has 0 saturated heterocycles. The molecule has 2 amide bonds. The molecule has 22 heteroatoms. The fraction of sp³-hybridized carbons (Fsp3) is 0.212. The van der Waals surface area contributed by atoms with Gasteiger partial charge in [0.05, 0.1) is 41.2 Å². The van der Waals surface area contributed by atoms with Crippen LogP contribution in [0, 0.1) is 5.21 Å². The van der Waals surface area contributed by atoms with Gasteiger partial charge in [-0.1, -0.05) is 0 Å². The lowest BCUT2D eigenvalue weighted by atomic mass is 10.2. The van der Waals surface area contributed by atoms with Gasteiger partial charge in [-0.05, 0) is 36.2 Å². The number of carbonyl (C=O) groups is 2. The van der Waals surface area contributed by atoms with Crippen molar-refractivity contribution in [2.24, 2.45) is 33.3 Å². The largest absolute Gasteiger partial charge is 0.619 e. The van der Waals surface area contributed by atoms with Crippen LogP contribution in [0.1, 0.15) is 0 Å². The molecule has 0 spiro atoms. The number of carbonyl (C=O) groups excluding carboxylic acids is 2. The van der Waals surface area contributed by atoms with Gasteiger partial charge in [-0.15, -0.1) is 0 Å². The van der Waals surface area contributed by atoms with Crippen molar-refractivity contribution in [2.45, 2.75) is 18.0 Å². The van der Waals surface area contributed by atoms with Crippen LogP contribution in [0.4, 0.5) is 17.1 Å². The second-order valence-electron chi connectivity index (χ2n) is 12.1. The summed E-state index contributed by atoms with van der Waals surface area (Å²) in [5, 5.41) is 22.1. The third-order valence-electron chi connectivity index (χ3n) is 8.35. The van der Waals surface area contributed by atoms with E-state index < -0.39 is 44.0 Å². The molecule has 4 heterocycles. The predicted molar refractivity (Wildman–Crippen MR) is 205 cm³/mol. The number of rotatable bonds is 9.